The van der Waals surface area contributed by atoms with Gasteiger partial charge in [-0.15, -0.1) is 0 Å². The highest BCUT2D eigenvalue weighted by atomic mass is 31.2. The van der Waals surface area contributed by atoms with Gasteiger partial charge in [-0.05, 0) is 67.2 Å². The van der Waals surface area contributed by atoms with Crippen molar-refractivity contribution in [3.05, 3.63) is 0 Å². The smallest absolute Gasteiger partial charge is 0.146 e. The molecule has 3 aliphatic carbocycles. The van der Waals surface area contributed by atoms with Crippen molar-refractivity contribution >= 4 is 18.5 Å². The minimum Gasteiger partial charge on any atom is -0.298 e. The van der Waals surface area contributed by atoms with Gasteiger partial charge in [0.1, 0.15) is 6.29 Å². The summed E-state index contributed by atoms with van der Waals surface area (Å²) in [5.41, 5.74) is 2.74. The van der Waals surface area contributed by atoms with E-state index in [1.807, 2.05) is 0 Å². The first-order valence-corrected chi connectivity index (χ1v) is 13.0. The molecule has 138 valence electrons. The third kappa shape index (κ3) is 3.58. The van der Waals surface area contributed by atoms with Crippen LogP contribution in [0.15, 0.2) is 0 Å². The zero-order valence-electron chi connectivity index (χ0n) is 16.0. The second kappa shape index (κ2) is 9.07. The lowest BCUT2D eigenvalue weighted by molar-refractivity contribution is -0.102. The molecule has 0 aromatic rings. The molecule has 0 unspecified atom stereocenters. The highest BCUT2D eigenvalue weighted by Gasteiger charge is 2.44. The Balaban J connectivity index is 2.10. The van der Waals surface area contributed by atoms with E-state index in [1.54, 1.807) is 0 Å². The summed E-state index contributed by atoms with van der Waals surface area (Å²) in [7, 11) is 0. The van der Waals surface area contributed by atoms with E-state index in [9.17, 15) is 4.79 Å². The fraction of sp³-hybridized carbons (Fsp3) is 0.909. The first-order valence-electron chi connectivity index (χ1n) is 11.0. The Morgan fingerprint density at radius 1 is 0.708 bits per heavy atom. The van der Waals surface area contributed by atoms with Gasteiger partial charge in [0, 0.05) is 0 Å². The van der Waals surface area contributed by atoms with E-state index in [4.69, 9.17) is 0 Å². The van der Waals surface area contributed by atoms with Crippen LogP contribution < -0.4 is 0 Å². The Hall–Kier alpha value is -0.0300. The van der Waals surface area contributed by atoms with Crippen LogP contribution in [0.25, 0.3) is 0 Å². The highest BCUT2D eigenvalue weighted by molar-refractivity contribution is 7.79. The van der Waals surface area contributed by atoms with E-state index < -0.39 is 6.89 Å². The van der Waals surface area contributed by atoms with Gasteiger partial charge in [-0.3, -0.25) is 4.79 Å². The number of rotatable bonds is 5. The molecule has 24 heavy (non-hydrogen) atoms. The van der Waals surface area contributed by atoms with Gasteiger partial charge in [-0.1, -0.05) is 71.6 Å². The van der Waals surface area contributed by atoms with Crippen LogP contribution in [0.1, 0.15) is 110 Å². The molecular formula is C22H39OP. The minimum atomic E-state index is -1.28. The van der Waals surface area contributed by atoms with Gasteiger partial charge >= 0.3 is 0 Å². The molecule has 3 saturated carbocycles. The van der Waals surface area contributed by atoms with Crippen molar-refractivity contribution in [1.29, 1.82) is 0 Å². The number of carbonyl (C=O) groups is 1. The van der Waals surface area contributed by atoms with Crippen LogP contribution in [0, 0.1) is 0 Å². The summed E-state index contributed by atoms with van der Waals surface area (Å²) in [6, 6.07) is 0. The lowest BCUT2D eigenvalue weighted by Gasteiger charge is -2.51. The first kappa shape index (κ1) is 18.8. The average molecular weight is 351 g/mol. The molecule has 0 heterocycles. The van der Waals surface area contributed by atoms with Gasteiger partial charge in [-0.25, -0.2) is 0 Å². The topological polar surface area (TPSA) is 17.1 Å². The maximum Gasteiger partial charge on any atom is 0.146 e. The van der Waals surface area contributed by atoms with E-state index in [1.165, 1.54) is 108 Å². The van der Waals surface area contributed by atoms with Gasteiger partial charge in [0.15, 0.2) is 0 Å². The molecule has 0 aromatic heterocycles. The lowest BCUT2D eigenvalue weighted by Crippen LogP contribution is -2.35. The molecule has 3 fully saturated rings. The first-order chi connectivity index (χ1) is 11.8. The standard InChI is InChI=1S/C22H39OP/c1-2-19(18-23)24(20-12-6-3-7-13-20,21-14-8-4-9-15-21)22-16-10-5-11-17-22/h18,20-22H,2-17H2,1H3. The fourth-order valence-corrected chi connectivity index (χ4v) is 14.2. The van der Waals surface area contributed by atoms with Gasteiger partial charge < -0.3 is 0 Å². The second-order valence-corrected chi connectivity index (χ2v) is 13.1. The Morgan fingerprint density at radius 2 is 1.04 bits per heavy atom. The fourth-order valence-electron chi connectivity index (χ4n) is 6.57. The monoisotopic (exact) mass is 350 g/mol. The summed E-state index contributed by atoms with van der Waals surface area (Å²) in [6.45, 7) is 1.00. The Labute approximate surface area is 150 Å². The van der Waals surface area contributed by atoms with Crippen LogP contribution in [0.4, 0.5) is 0 Å². The van der Waals surface area contributed by atoms with Crippen molar-refractivity contribution in [3.63, 3.8) is 0 Å². The van der Waals surface area contributed by atoms with Crippen LogP contribution >= 0.6 is 6.89 Å². The molecule has 0 aromatic carbocycles. The van der Waals surface area contributed by atoms with Crippen LogP contribution in [-0.2, 0) is 4.79 Å². The van der Waals surface area contributed by atoms with Gasteiger partial charge in [0.05, 0.1) is 0 Å². The molecule has 2 heteroatoms. The summed E-state index contributed by atoms with van der Waals surface area (Å²) in [5.74, 6) is 0. The van der Waals surface area contributed by atoms with Gasteiger partial charge in [0.25, 0.3) is 0 Å². The maximum absolute atomic E-state index is 12.3. The molecule has 3 rings (SSSR count). The van der Waals surface area contributed by atoms with Crippen molar-refractivity contribution in [3.8, 4) is 0 Å². The van der Waals surface area contributed by atoms with E-state index >= 15 is 0 Å². The molecule has 0 spiro atoms. The van der Waals surface area contributed by atoms with Crippen molar-refractivity contribution in [2.75, 3.05) is 0 Å². The minimum absolute atomic E-state index is 0.914. The van der Waals surface area contributed by atoms with Crippen molar-refractivity contribution in [2.45, 2.75) is 127 Å². The SMILES string of the molecule is CCC(C=O)=P(C1CCCCC1)(C1CCCCC1)C1CCCCC1. The zero-order chi connectivity index (χ0) is 16.8. The summed E-state index contributed by atoms with van der Waals surface area (Å²) < 4.78 is 0. The normalized spacial score (nSPS) is 25.5. The van der Waals surface area contributed by atoms with E-state index in [2.05, 4.69) is 6.92 Å². The molecule has 1 nitrogen and oxygen atoms in total. The van der Waals surface area contributed by atoms with E-state index in [0.717, 1.165) is 23.4 Å². The Morgan fingerprint density at radius 3 is 1.29 bits per heavy atom. The molecular weight excluding hydrogens is 311 g/mol. The predicted octanol–water partition coefficient (Wildman–Crippen LogP) is 6.78. The summed E-state index contributed by atoms with van der Waals surface area (Å²) in [4.78, 5) is 12.3. The molecule has 0 amide bonds. The maximum atomic E-state index is 12.3. The van der Waals surface area contributed by atoms with Crippen LogP contribution in [0.3, 0.4) is 0 Å². The largest absolute Gasteiger partial charge is 0.298 e. The lowest BCUT2D eigenvalue weighted by atomic mass is 9.99. The molecule has 0 bridgehead atoms. The predicted molar refractivity (Wildman–Crippen MR) is 109 cm³/mol. The molecule has 3 aliphatic rings. The van der Waals surface area contributed by atoms with Crippen molar-refractivity contribution in [2.24, 2.45) is 0 Å². The van der Waals surface area contributed by atoms with Crippen molar-refractivity contribution in [1.82, 2.24) is 0 Å². The van der Waals surface area contributed by atoms with Gasteiger partial charge in [-0.2, -0.15) is 0 Å². The summed E-state index contributed by atoms with van der Waals surface area (Å²) in [5, 5.41) is 1.44. The third-order valence-corrected chi connectivity index (χ3v) is 14.1. The van der Waals surface area contributed by atoms with Crippen LogP contribution in [-0.4, -0.2) is 28.6 Å². The van der Waals surface area contributed by atoms with E-state index in [-0.39, 0.29) is 0 Å². The molecule has 0 saturated heterocycles. The number of hydrogen-bond acceptors (Lipinski definition) is 1. The Kier molecular flexibility index (Phi) is 7.08. The molecule has 0 aliphatic heterocycles. The number of hydrogen-bond donors (Lipinski definition) is 0. The van der Waals surface area contributed by atoms with Crippen LogP contribution in [0.2, 0.25) is 0 Å². The van der Waals surface area contributed by atoms with Crippen molar-refractivity contribution < 1.29 is 4.79 Å². The number of aldehydes is 1. The number of carbonyl (C=O) groups excluding carboxylic acids is 1. The molecule has 0 N–H and O–H groups in total. The average Bonchev–Trinajstić information content (AvgIpc) is 2.68. The quantitative estimate of drug-likeness (QED) is 0.394. The van der Waals surface area contributed by atoms with Gasteiger partial charge in [0.2, 0.25) is 0 Å². The third-order valence-electron chi connectivity index (χ3n) is 7.53. The second-order valence-electron chi connectivity index (χ2n) is 8.67. The zero-order valence-corrected chi connectivity index (χ0v) is 16.9. The van der Waals surface area contributed by atoms with E-state index in [0.29, 0.717) is 0 Å². The van der Waals surface area contributed by atoms with Crippen LogP contribution in [0.5, 0.6) is 0 Å². The summed E-state index contributed by atoms with van der Waals surface area (Å²) in [6.07, 6.45) is 24.0. The highest BCUT2D eigenvalue weighted by Crippen LogP contribution is 2.70. The molecule has 0 radical (unpaired) electrons. The molecule has 0 atom stereocenters. The summed E-state index contributed by atoms with van der Waals surface area (Å²) >= 11 is 0. The Bertz CT molecular complexity index is 396.